The molecule has 0 aromatic carbocycles. The summed E-state index contributed by atoms with van der Waals surface area (Å²) in [6.07, 6.45) is 0. The maximum atomic E-state index is 10.9. The number of halogens is 1. The van der Waals surface area contributed by atoms with Crippen molar-refractivity contribution in [3.8, 4) is 0 Å². The van der Waals surface area contributed by atoms with Crippen molar-refractivity contribution in [2.45, 2.75) is 4.21 Å². The highest BCUT2D eigenvalue weighted by Gasteiger charge is 2.12. The third kappa shape index (κ3) is 1.51. The number of hydrogen-bond acceptors (Lipinski definition) is 3. The van der Waals surface area contributed by atoms with Gasteiger partial charge >= 0.3 is 0 Å². The minimum atomic E-state index is -3.17. The summed E-state index contributed by atoms with van der Waals surface area (Å²) in [5.74, 6) is 0. The first-order chi connectivity index (χ1) is 4.67. The van der Waals surface area contributed by atoms with E-state index >= 15 is 0 Å². The highest BCUT2D eigenvalue weighted by atomic mass is 35.5. The fraction of sp³-hybridized carbons (Fsp3) is 0.200. The van der Waals surface area contributed by atoms with E-state index in [9.17, 15) is 8.42 Å². The van der Waals surface area contributed by atoms with Gasteiger partial charge in [-0.2, -0.15) is 0 Å². The molecule has 0 saturated carbocycles. The molecule has 0 atom stereocenters. The number of hydrogen-bond donors (Lipinski definition) is 0. The van der Waals surface area contributed by atoms with Crippen LogP contribution in [0.5, 0.6) is 0 Å². The molecule has 0 amide bonds. The van der Waals surface area contributed by atoms with Crippen molar-refractivity contribution < 1.29 is 8.42 Å². The van der Waals surface area contributed by atoms with Crippen LogP contribution in [0.15, 0.2) is 21.7 Å². The molecule has 5 heteroatoms. The van der Waals surface area contributed by atoms with E-state index < -0.39 is 9.84 Å². The van der Waals surface area contributed by atoms with E-state index in [2.05, 4.69) is 0 Å². The van der Waals surface area contributed by atoms with Crippen LogP contribution in [0.4, 0.5) is 0 Å². The van der Waals surface area contributed by atoms with Crippen LogP contribution in [0, 0.1) is 0 Å². The van der Waals surface area contributed by atoms with E-state index in [4.69, 9.17) is 11.6 Å². The van der Waals surface area contributed by atoms with Crippen LogP contribution < -0.4 is 0 Å². The Kier molecular flexibility index (Phi) is 2.33. The maximum absolute atomic E-state index is 10.9. The Morgan fingerprint density at radius 3 is 2.70 bits per heavy atom. The summed E-state index contributed by atoms with van der Waals surface area (Å²) < 4.78 is 22.2. The summed E-state index contributed by atoms with van der Waals surface area (Å²) in [6, 6.07) is 3.23. The molecule has 0 aliphatic heterocycles. The molecule has 1 rings (SSSR count). The molecule has 0 bridgehead atoms. The molecule has 1 aromatic heterocycles. The van der Waals surface area contributed by atoms with E-state index in [-0.39, 0.29) is 5.21 Å². The second kappa shape index (κ2) is 2.90. The summed E-state index contributed by atoms with van der Waals surface area (Å²) in [4.78, 5) is 0. The largest absolute Gasteiger partial charge is 0.222 e. The third-order valence-electron chi connectivity index (χ3n) is 0.945. The number of rotatable bonds is 2. The topological polar surface area (TPSA) is 34.1 Å². The van der Waals surface area contributed by atoms with Crippen LogP contribution in [0.2, 0.25) is 0 Å². The van der Waals surface area contributed by atoms with Crippen molar-refractivity contribution in [2.24, 2.45) is 0 Å². The van der Waals surface area contributed by atoms with Crippen LogP contribution in [0.25, 0.3) is 0 Å². The molecule has 10 heavy (non-hydrogen) atoms. The molecule has 0 unspecified atom stereocenters. The van der Waals surface area contributed by atoms with Gasteiger partial charge in [-0.3, -0.25) is 0 Å². The average Bonchev–Trinajstić information content (AvgIpc) is 2.38. The summed E-state index contributed by atoms with van der Waals surface area (Å²) in [6.45, 7) is 0. The van der Waals surface area contributed by atoms with Gasteiger partial charge in [-0.05, 0) is 11.4 Å². The van der Waals surface area contributed by atoms with E-state index in [0.717, 1.165) is 0 Å². The van der Waals surface area contributed by atoms with Gasteiger partial charge in [0.15, 0.2) is 0 Å². The highest BCUT2D eigenvalue weighted by molar-refractivity contribution is 7.94. The van der Waals surface area contributed by atoms with Gasteiger partial charge in [-0.1, -0.05) is 6.07 Å². The van der Waals surface area contributed by atoms with E-state index in [1.165, 1.54) is 11.3 Å². The molecular weight excluding hydrogens is 192 g/mol. The van der Waals surface area contributed by atoms with Gasteiger partial charge in [0.1, 0.15) is 9.42 Å². The molecule has 0 aliphatic carbocycles. The van der Waals surface area contributed by atoms with Gasteiger partial charge in [-0.25, -0.2) is 8.42 Å². The summed E-state index contributed by atoms with van der Waals surface area (Å²) in [5, 5.41) is 1.37. The molecule has 0 saturated heterocycles. The zero-order chi connectivity index (χ0) is 7.61. The Hall–Kier alpha value is -0.0600. The Bertz CT molecular complexity index is 287. The van der Waals surface area contributed by atoms with Crippen molar-refractivity contribution in [1.29, 1.82) is 0 Å². The van der Waals surface area contributed by atoms with E-state index in [0.29, 0.717) is 4.21 Å². The monoisotopic (exact) mass is 196 g/mol. The van der Waals surface area contributed by atoms with Crippen molar-refractivity contribution in [3.63, 3.8) is 0 Å². The average molecular weight is 197 g/mol. The van der Waals surface area contributed by atoms with Crippen LogP contribution in [-0.2, 0) is 9.84 Å². The first-order valence-corrected chi connectivity index (χ1v) is 5.56. The van der Waals surface area contributed by atoms with E-state index in [1.54, 1.807) is 17.5 Å². The highest BCUT2D eigenvalue weighted by Crippen LogP contribution is 2.17. The van der Waals surface area contributed by atoms with Gasteiger partial charge in [-0.15, -0.1) is 22.9 Å². The molecule has 0 spiro atoms. The van der Waals surface area contributed by atoms with Gasteiger partial charge in [0.2, 0.25) is 9.84 Å². The second-order valence-electron chi connectivity index (χ2n) is 1.66. The molecular formula is C5H5ClO2S2. The lowest BCUT2D eigenvalue weighted by molar-refractivity contribution is 0.602. The fourth-order valence-corrected chi connectivity index (χ4v) is 2.81. The first-order valence-electron chi connectivity index (χ1n) is 2.49. The lowest BCUT2D eigenvalue weighted by atomic mass is 10.7. The normalized spacial score (nSPS) is 11.7. The van der Waals surface area contributed by atoms with Crippen LogP contribution in [0.1, 0.15) is 0 Å². The first kappa shape index (κ1) is 8.04. The molecule has 0 N–H and O–H groups in total. The van der Waals surface area contributed by atoms with Crippen molar-refractivity contribution in [2.75, 3.05) is 5.21 Å². The van der Waals surface area contributed by atoms with Crippen LogP contribution >= 0.6 is 22.9 Å². The minimum absolute atomic E-state index is 0.336. The predicted octanol–water partition coefficient (Wildman–Crippen LogP) is 1.72. The molecule has 2 nitrogen and oxygen atoms in total. The number of alkyl halides is 1. The number of sulfone groups is 1. The standard InChI is InChI=1S/C5H5ClO2S2/c6-4-10(7,8)5-2-1-3-9-5/h1-3H,4H2. The van der Waals surface area contributed by atoms with Crippen molar-refractivity contribution in [3.05, 3.63) is 17.5 Å². The van der Waals surface area contributed by atoms with Gasteiger partial charge in [0, 0.05) is 0 Å². The Labute approximate surface area is 68.4 Å². The molecule has 56 valence electrons. The zero-order valence-electron chi connectivity index (χ0n) is 4.95. The third-order valence-corrected chi connectivity index (χ3v) is 4.56. The molecule has 0 aliphatic rings. The van der Waals surface area contributed by atoms with Crippen LogP contribution in [0.3, 0.4) is 0 Å². The maximum Gasteiger partial charge on any atom is 0.201 e. The summed E-state index contributed by atoms with van der Waals surface area (Å²) in [7, 11) is -3.17. The van der Waals surface area contributed by atoms with Gasteiger partial charge in [0.25, 0.3) is 0 Å². The Morgan fingerprint density at radius 1 is 1.60 bits per heavy atom. The molecule has 1 aromatic rings. The molecule has 1 heterocycles. The predicted molar refractivity (Wildman–Crippen MR) is 42.2 cm³/mol. The number of thiophene rings is 1. The summed E-state index contributed by atoms with van der Waals surface area (Å²) >= 11 is 6.39. The quantitative estimate of drug-likeness (QED) is 0.675. The van der Waals surface area contributed by atoms with Crippen molar-refractivity contribution >= 4 is 32.8 Å². The minimum Gasteiger partial charge on any atom is -0.222 e. The lowest BCUT2D eigenvalue weighted by Crippen LogP contribution is -1.98. The smallest absolute Gasteiger partial charge is 0.201 e. The molecule has 0 radical (unpaired) electrons. The fourth-order valence-electron chi connectivity index (χ4n) is 0.494. The second-order valence-corrected chi connectivity index (χ2v) is 5.40. The van der Waals surface area contributed by atoms with Crippen molar-refractivity contribution in [1.82, 2.24) is 0 Å². The van der Waals surface area contributed by atoms with Gasteiger partial charge in [0.05, 0.1) is 0 Å². The van der Waals surface area contributed by atoms with E-state index in [1.807, 2.05) is 0 Å². The molecule has 0 fully saturated rings. The lowest BCUT2D eigenvalue weighted by Gasteiger charge is -1.91. The Balaban J connectivity index is 3.09. The van der Waals surface area contributed by atoms with Crippen LogP contribution in [-0.4, -0.2) is 13.6 Å². The zero-order valence-corrected chi connectivity index (χ0v) is 7.34. The van der Waals surface area contributed by atoms with Gasteiger partial charge < -0.3 is 0 Å². The Morgan fingerprint density at radius 2 is 2.30 bits per heavy atom. The summed E-state index contributed by atoms with van der Waals surface area (Å²) in [5.41, 5.74) is 0. The SMILES string of the molecule is O=S(=O)(CCl)c1cccs1.